The molecular weight excluding hydrogens is 384 g/mol. The predicted molar refractivity (Wildman–Crippen MR) is 124 cm³/mol. The molecule has 0 unspecified atom stereocenters. The molecule has 2 aromatic carbocycles. The van der Waals surface area contributed by atoms with Crippen molar-refractivity contribution in [3.8, 4) is 5.75 Å². The van der Waals surface area contributed by atoms with Crippen LogP contribution in [0.25, 0.3) is 0 Å². The Labute approximate surface area is 186 Å². The van der Waals surface area contributed by atoms with Crippen LogP contribution in [0.15, 0.2) is 42.5 Å². The van der Waals surface area contributed by atoms with Crippen LogP contribution in [0.4, 0.5) is 0 Å². The fourth-order valence-electron chi connectivity index (χ4n) is 4.96. The number of amides is 1. The highest BCUT2D eigenvalue weighted by atomic mass is 16.5. The van der Waals surface area contributed by atoms with E-state index in [1.54, 1.807) is 0 Å². The Morgan fingerprint density at radius 1 is 1.00 bits per heavy atom. The summed E-state index contributed by atoms with van der Waals surface area (Å²) < 4.78 is 5.80. The molecule has 1 atom stereocenters. The van der Waals surface area contributed by atoms with E-state index in [4.69, 9.17) is 4.74 Å². The van der Waals surface area contributed by atoms with Crippen LogP contribution in [0.5, 0.6) is 5.75 Å². The lowest BCUT2D eigenvalue weighted by molar-refractivity contribution is 0.0737. The topological polar surface area (TPSA) is 32.8 Å². The summed E-state index contributed by atoms with van der Waals surface area (Å²) in [6.45, 7) is 4.30. The van der Waals surface area contributed by atoms with Gasteiger partial charge in [0.2, 0.25) is 0 Å². The van der Waals surface area contributed by atoms with Crippen molar-refractivity contribution in [3.63, 3.8) is 0 Å². The van der Waals surface area contributed by atoms with Crippen molar-refractivity contribution in [2.24, 2.45) is 5.92 Å². The molecule has 0 N–H and O–H groups in total. The number of carbonyl (C=O) groups excluding carboxylic acids is 1. The smallest absolute Gasteiger partial charge is 0.253 e. The molecule has 1 saturated carbocycles. The van der Waals surface area contributed by atoms with Crippen molar-refractivity contribution in [3.05, 3.63) is 64.7 Å². The van der Waals surface area contributed by atoms with Gasteiger partial charge in [0.05, 0.1) is 6.61 Å². The monoisotopic (exact) mass is 418 g/mol. The second kappa shape index (κ2) is 9.04. The summed E-state index contributed by atoms with van der Waals surface area (Å²) in [5, 5.41) is 0. The van der Waals surface area contributed by atoms with Crippen LogP contribution in [0.3, 0.4) is 0 Å². The highest BCUT2D eigenvalue weighted by Gasteiger charge is 2.28. The van der Waals surface area contributed by atoms with E-state index in [9.17, 15) is 4.79 Å². The molecule has 0 bridgehead atoms. The third-order valence-corrected chi connectivity index (χ3v) is 7.19. The number of ether oxygens (including phenoxy) is 1. The van der Waals surface area contributed by atoms with Crippen molar-refractivity contribution < 1.29 is 9.53 Å². The van der Waals surface area contributed by atoms with E-state index in [0.29, 0.717) is 0 Å². The molecule has 31 heavy (non-hydrogen) atoms. The van der Waals surface area contributed by atoms with Crippen molar-refractivity contribution in [1.29, 1.82) is 0 Å². The third kappa shape index (κ3) is 4.95. The zero-order chi connectivity index (χ0) is 21.2. The Balaban J connectivity index is 1.19. The number of piperidine rings is 1. The van der Waals surface area contributed by atoms with E-state index < -0.39 is 0 Å². The van der Waals surface area contributed by atoms with Gasteiger partial charge in [0.25, 0.3) is 5.91 Å². The number of benzene rings is 2. The number of likely N-dealkylation sites (N-methyl/N-ethyl adjacent to an activating group) is 1. The number of likely N-dealkylation sites (tertiary alicyclic amines) is 1. The highest BCUT2D eigenvalue weighted by Crippen LogP contribution is 2.30. The van der Waals surface area contributed by atoms with Crippen LogP contribution < -0.4 is 4.74 Å². The van der Waals surface area contributed by atoms with E-state index in [1.165, 1.54) is 61.9 Å². The molecule has 2 fully saturated rings. The summed E-state index contributed by atoms with van der Waals surface area (Å²) in [6, 6.07) is 14.9. The molecule has 1 saturated heterocycles. The summed E-state index contributed by atoms with van der Waals surface area (Å²) in [6.07, 6.45) is 8.49. The molecule has 2 aromatic rings. The van der Waals surface area contributed by atoms with Gasteiger partial charge < -0.3 is 9.64 Å². The first-order valence-electron chi connectivity index (χ1n) is 12.0. The van der Waals surface area contributed by atoms with Gasteiger partial charge >= 0.3 is 0 Å². The van der Waals surface area contributed by atoms with Crippen molar-refractivity contribution in [2.45, 2.75) is 57.5 Å². The Hall–Kier alpha value is -2.33. The number of hydrogen-bond acceptors (Lipinski definition) is 3. The summed E-state index contributed by atoms with van der Waals surface area (Å²) in [5.41, 5.74) is 4.97. The standard InChI is InChI=1S/C27H34N2O2/c1-28(27(30)22-9-11-26(12-10-22)31-19-20-5-6-20)25-16-23-8-7-21(15-24(23)17-25)18-29-13-3-2-4-14-29/h7-12,15,20,25H,2-6,13-14,16-19H2,1H3/t25-/m1/s1. The molecule has 3 aliphatic rings. The largest absolute Gasteiger partial charge is 0.493 e. The fraction of sp³-hybridized carbons (Fsp3) is 0.519. The van der Waals surface area contributed by atoms with E-state index in [1.807, 2.05) is 36.2 Å². The Bertz CT molecular complexity index is 913. The maximum atomic E-state index is 13.1. The van der Waals surface area contributed by atoms with Gasteiger partial charge in [-0.3, -0.25) is 9.69 Å². The van der Waals surface area contributed by atoms with Crippen molar-refractivity contribution in [1.82, 2.24) is 9.80 Å². The maximum Gasteiger partial charge on any atom is 0.253 e. The van der Waals surface area contributed by atoms with Crippen LogP contribution in [0, 0.1) is 5.92 Å². The Morgan fingerprint density at radius 3 is 2.48 bits per heavy atom. The molecule has 1 heterocycles. The van der Waals surface area contributed by atoms with Gasteiger partial charge in [0, 0.05) is 25.2 Å². The first kappa shape index (κ1) is 20.6. The molecule has 0 aromatic heterocycles. The average molecular weight is 419 g/mol. The van der Waals surface area contributed by atoms with Gasteiger partial charge in [-0.2, -0.15) is 0 Å². The Kier molecular flexibility index (Phi) is 5.99. The summed E-state index contributed by atoms with van der Waals surface area (Å²) in [7, 11) is 1.95. The second-order valence-corrected chi connectivity index (χ2v) is 9.70. The van der Waals surface area contributed by atoms with Gasteiger partial charge in [0.15, 0.2) is 0 Å². The SMILES string of the molecule is CN(C(=O)c1ccc(OCC2CC2)cc1)[C@@H]1Cc2ccc(CN3CCCCC3)cc2C1. The molecule has 5 rings (SSSR count). The lowest BCUT2D eigenvalue weighted by Crippen LogP contribution is -2.37. The van der Waals surface area contributed by atoms with Gasteiger partial charge in [-0.05, 0) is 98.5 Å². The quantitative estimate of drug-likeness (QED) is 0.653. The molecule has 0 spiro atoms. The molecule has 1 amide bonds. The van der Waals surface area contributed by atoms with Crippen LogP contribution in [0.1, 0.15) is 59.2 Å². The first-order valence-corrected chi connectivity index (χ1v) is 12.0. The highest BCUT2D eigenvalue weighted by molar-refractivity contribution is 5.94. The van der Waals surface area contributed by atoms with Crippen LogP contribution in [-0.2, 0) is 19.4 Å². The normalized spacial score (nSPS) is 21.0. The van der Waals surface area contributed by atoms with Crippen LogP contribution >= 0.6 is 0 Å². The van der Waals surface area contributed by atoms with E-state index in [0.717, 1.165) is 43.2 Å². The molecule has 0 radical (unpaired) electrons. The summed E-state index contributed by atoms with van der Waals surface area (Å²) in [5.74, 6) is 1.69. The van der Waals surface area contributed by atoms with E-state index >= 15 is 0 Å². The molecule has 1 aliphatic heterocycles. The van der Waals surface area contributed by atoms with E-state index in [2.05, 4.69) is 23.1 Å². The Morgan fingerprint density at radius 2 is 1.74 bits per heavy atom. The zero-order valence-electron chi connectivity index (χ0n) is 18.7. The van der Waals surface area contributed by atoms with Gasteiger partial charge in [0.1, 0.15) is 5.75 Å². The van der Waals surface area contributed by atoms with E-state index in [-0.39, 0.29) is 11.9 Å². The first-order chi connectivity index (χ1) is 15.2. The zero-order valence-corrected chi connectivity index (χ0v) is 18.7. The number of hydrogen-bond donors (Lipinski definition) is 0. The van der Waals surface area contributed by atoms with Crippen molar-refractivity contribution in [2.75, 3.05) is 26.7 Å². The minimum absolute atomic E-state index is 0.0973. The molecule has 2 aliphatic carbocycles. The van der Waals surface area contributed by atoms with Crippen molar-refractivity contribution >= 4 is 5.91 Å². The number of fused-ring (bicyclic) bond motifs is 1. The number of nitrogens with zero attached hydrogens (tertiary/aromatic N) is 2. The molecule has 4 heteroatoms. The predicted octanol–water partition coefficient (Wildman–Crippen LogP) is 4.70. The molecule has 164 valence electrons. The average Bonchev–Trinajstić information content (AvgIpc) is 3.54. The number of rotatable bonds is 7. The lowest BCUT2D eigenvalue weighted by Gasteiger charge is -2.26. The molecule has 4 nitrogen and oxygen atoms in total. The summed E-state index contributed by atoms with van der Waals surface area (Å²) >= 11 is 0. The van der Waals surface area contributed by atoms with Gasteiger partial charge in [-0.15, -0.1) is 0 Å². The maximum absolute atomic E-state index is 13.1. The lowest BCUT2D eigenvalue weighted by atomic mass is 10.0. The third-order valence-electron chi connectivity index (χ3n) is 7.19. The van der Waals surface area contributed by atoms with Gasteiger partial charge in [-0.1, -0.05) is 24.6 Å². The van der Waals surface area contributed by atoms with Crippen LogP contribution in [-0.4, -0.2) is 48.5 Å². The van der Waals surface area contributed by atoms with Gasteiger partial charge in [-0.25, -0.2) is 0 Å². The summed E-state index contributed by atoms with van der Waals surface area (Å²) in [4.78, 5) is 17.6. The second-order valence-electron chi connectivity index (χ2n) is 9.70. The fourth-order valence-corrected chi connectivity index (χ4v) is 4.96. The minimum atomic E-state index is 0.0973. The minimum Gasteiger partial charge on any atom is -0.493 e. The number of carbonyl (C=O) groups is 1. The van der Waals surface area contributed by atoms with Crippen LogP contribution in [0.2, 0.25) is 0 Å². The molecular formula is C27H34N2O2.